The number of esters is 1. The van der Waals surface area contributed by atoms with Crippen LogP contribution in [-0.2, 0) is 9.53 Å². The van der Waals surface area contributed by atoms with E-state index in [9.17, 15) is 29.8 Å². The zero-order chi connectivity index (χ0) is 32.7. The summed E-state index contributed by atoms with van der Waals surface area (Å²) in [6, 6.07) is 15.2. The summed E-state index contributed by atoms with van der Waals surface area (Å²) in [6.45, 7) is 3.35. The van der Waals surface area contributed by atoms with Crippen molar-refractivity contribution >= 4 is 46.4 Å². The molecule has 0 fully saturated rings. The number of halogens is 1. The van der Waals surface area contributed by atoms with Gasteiger partial charge in [0.05, 0.1) is 37.3 Å². The van der Waals surface area contributed by atoms with Crippen molar-refractivity contribution in [3.05, 3.63) is 134 Å². The summed E-state index contributed by atoms with van der Waals surface area (Å²) in [7, 11) is 0. The fourth-order valence-electron chi connectivity index (χ4n) is 5.01. The van der Waals surface area contributed by atoms with Crippen molar-refractivity contribution in [2.24, 2.45) is 4.99 Å². The lowest BCUT2D eigenvalue weighted by molar-refractivity contribution is -0.385. The smallest absolute Gasteiger partial charge is 0.338 e. The fourth-order valence-corrected chi connectivity index (χ4v) is 6.25. The molecule has 2 aromatic carbocycles. The monoisotopic (exact) mass is 660 g/mol. The number of non-ortho nitro benzene ring substituents is 2. The van der Waals surface area contributed by atoms with E-state index in [1.54, 1.807) is 50.2 Å². The zero-order valence-corrected chi connectivity index (χ0v) is 25.5. The normalized spacial score (nSPS) is 14.6. The number of rotatable bonds is 8. The van der Waals surface area contributed by atoms with Crippen molar-refractivity contribution in [2.75, 3.05) is 6.61 Å². The van der Waals surface area contributed by atoms with Crippen LogP contribution in [0.5, 0.6) is 0 Å². The van der Waals surface area contributed by atoms with E-state index >= 15 is 0 Å². The molecule has 0 unspecified atom stereocenters. The lowest BCUT2D eigenvalue weighted by Gasteiger charge is -2.22. The standard InChI is InChI=1S/C31H21ClN4O9S/c1-3-43-30(38)27-16(2)33-31-34(28(27)25-12-11-24(45-25)21-14-19(36(41)42)7-9-22(21)32)29(37)26(46-31)15-20-8-10-23(44-20)17-5-4-6-18(13-17)35(39)40/h4-15,28H,3H2,1-2H3/b26-15-/t28-/m1/s1. The Bertz CT molecular complexity index is 2280. The number of nitro groups is 2. The van der Waals surface area contributed by atoms with Gasteiger partial charge in [-0.05, 0) is 44.2 Å². The third kappa shape index (κ3) is 5.55. The third-order valence-electron chi connectivity index (χ3n) is 7.08. The Labute approximate surface area is 267 Å². The highest BCUT2D eigenvalue weighted by Gasteiger charge is 2.35. The first-order chi connectivity index (χ1) is 22.0. The number of thiazole rings is 1. The highest BCUT2D eigenvalue weighted by molar-refractivity contribution is 7.07. The van der Waals surface area contributed by atoms with Gasteiger partial charge < -0.3 is 13.6 Å². The van der Waals surface area contributed by atoms with Gasteiger partial charge in [0, 0.05) is 41.5 Å². The van der Waals surface area contributed by atoms with Crippen LogP contribution in [0, 0.1) is 20.2 Å². The largest absolute Gasteiger partial charge is 0.463 e. The van der Waals surface area contributed by atoms with Crippen LogP contribution in [0.15, 0.2) is 96.6 Å². The van der Waals surface area contributed by atoms with Gasteiger partial charge in [-0.25, -0.2) is 9.79 Å². The van der Waals surface area contributed by atoms with Crippen LogP contribution in [0.2, 0.25) is 5.02 Å². The molecule has 1 aliphatic heterocycles. The van der Waals surface area contributed by atoms with Crippen LogP contribution in [0.1, 0.15) is 31.4 Å². The van der Waals surface area contributed by atoms with Crippen molar-refractivity contribution in [3.63, 3.8) is 0 Å². The van der Waals surface area contributed by atoms with Crippen molar-refractivity contribution in [3.8, 4) is 22.6 Å². The Morgan fingerprint density at radius 2 is 1.78 bits per heavy atom. The number of aromatic nitrogens is 1. The Morgan fingerprint density at radius 1 is 1.04 bits per heavy atom. The minimum absolute atomic E-state index is 0.0743. The van der Waals surface area contributed by atoms with E-state index in [1.807, 2.05) is 0 Å². The molecule has 0 radical (unpaired) electrons. The molecule has 232 valence electrons. The summed E-state index contributed by atoms with van der Waals surface area (Å²) < 4.78 is 18.9. The van der Waals surface area contributed by atoms with Gasteiger partial charge in [0.25, 0.3) is 16.9 Å². The molecule has 15 heteroatoms. The first-order valence-electron chi connectivity index (χ1n) is 13.6. The lowest BCUT2D eigenvalue weighted by Crippen LogP contribution is -2.39. The second-order valence-electron chi connectivity index (χ2n) is 9.94. The number of carbonyl (C=O) groups is 1. The highest BCUT2D eigenvalue weighted by atomic mass is 35.5. The summed E-state index contributed by atoms with van der Waals surface area (Å²) in [6.07, 6.45) is 1.52. The van der Waals surface area contributed by atoms with Crippen LogP contribution >= 0.6 is 22.9 Å². The van der Waals surface area contributed by atoms with Gasteiger partial charge in [-0.2, -0.15) is 0 Å². The molecule has 0 saturated carbocycles. The van der Waals surface area contributed by atoms with Crippen molar-refractivity contribution in [1.29, 1.82) is 0 Å². The summed E-state index contributed by atoms with van der Waals surface area (Å²) in [4.78, 5) is 53.5. The van der Waals surface area contributed by atoms with E-state index < -0.39 is 27.4 Å². The van der Waals surface area contributed by atoms with Crippen LogP contribution in [0.3, 0.4) is 0 Å². The quantitative estimate of drug-likeness (QED) is 0.113. The Balaban J connectivity index is 1.46. The molecule has 1 aliphatic rings. The SMILES string of the molecule is CCOC(=O)C1=C(C)N=c2s/c(=C\c3ccc(-c4cccc([N+](=O)[O-])c4)o3)c(=O)n2[C@@H]1c1ccc(-c2cc([N+](=O)[O-])ccc2Cl)o1. The van der Waals surface area contributed by atoms with E-state index in [2.05, 4.69) is 4.99 Å². The van der Waals surface area contributed by atoms with E-state index in [4.69, 9.17) is 25.2 Å². The average molecular weight is 661 g/mol. The van der Waals surface area contributed by atoms with Gasteiger partial charge in [0.15, 0.2) is 4.80 Å². The average Bonchev–Trinajstić information content (AvgIpc) is 3.77. The molecule has 46 heavy (non-hydrogen) atoms. The summed E-state index contributed by atoms with van der Waals surface area (Å²) in [5.74, 6) is 0.345. The van der Waals surface area contributed by atoms with Crippen molar-refractivity contribution in [2.45, 2.75) is 19.9 Å². The number of hydrogen-bond donors (Lipinski definition) is 0. The molecule has 5 aromatic rings. The number of nitrogens with zero attached hydrogens (tertiary/aromatic N) is 4. The van der Waals surface area contributed by atoms with E-state index in [0.717, 1.165) is 11.3 Å². The van der Waals surface area contributed by atoms with Crippen molar-refractivity contribution < 1.29 is 28.2 Å². The first kappa shape index (κ1) is 30.4. The van der Waals surface area contributed by atoms with Crippen molar-refractivity contribution in [1.82, 2.24) is 4.57 Å². The molecule has 0 N–H and O–H groups in total. The maximum Gasteiger partial charge on any atom is 0.338 e. The third-order valence-corrected chi connectivity index (χ3v) is 8.39. The van der Waals surface area contributed by atoms with Crippen LogP contribution < -0.4 is 14.9 Å². The molecule has 3 aromatic heterocycles. The number of fused-ring (bicyclic) bond motifs is 1. The van der Waals surface area contributed by atoms with E-state index in [0.29, 0.717) is 22.8 Å². The molecule has 13 nitrogen and oxygen atoms in total. The molecule has 0 saturated heterocycles. The van der Waals surface area contributed by atoms with Crippen LogP contribution in [-0.4, -0.2) is 27.0 Å². The Kier molecular flexibility index (Phi) is 7.98. The van der Waals surface area contributed by atoms with Gasteiger partial charge >= 0.3 is 5.97 Å². The predicted molar refractivity (Wildman–Crippen MR) is 167 cm³/mol. The van der Waals surface area contributed by atoms with Gasteiger partial charge in [-0.1, -0.05) is 35.1 Å². The molecule has 0 bridgehead atoms. The maximum absolute atomic E-state index is 13.9. The molecular formula is C31H21ClN4O9S. The fraction of sp³-hybridized carbons (Fsp3) is 0.129. The highest BCUT2D eigenvalue weighted by Crippen LogP contribution is 2.37. The maximum atomic E-state index is 13.9. The van der Waals surface area contributed by atoms with Crippen LogP contribution in [0.25, 0.3) is 28.7 Å². The first-order valence-corrected chi connectivity index (χ1v) is 14.8. The number of nitro benzene ring substituents is 2. The molecule has 0 amide bonds. The summed E-state index contributed by atoms with van der Waals surface area (Å²) in [5, 5.41) is 22.8. The Hall–Kier alpha value is -5.60. The van der Waals surface area contributed by atoms with Crippen LogP contribution in [0.4, 0.5) is 11.4 Å². The molecule has 4 heterocycles. The second-order valence-corrected chi connectivity index (χ2v) is 11.4. The number of benzene rings is 2. The second kappa shape index (κ2) is 12.1. The minimum atomic E-state index is -1.08. The number of hydrogen-bond acceptors (Lipinski definition) is 11. The van der Waals surface area contributed by atoms with E-state index in [-0.39, 0.29) is 55.0 Å². The Morgan fingerprint density at radius 3 is 2.52 bits per heavy atom. The van der Waals surface area contributed by atoms with Gasteiger partial charge in [0.2, 0.25) is 0 Å². The lowest BCUT2D eigenvalue weighted by atomic mass is 10.0. The molecular weight excluding hydrogens is 640 g/mol. The van der Waals surface area contributed by atoms with Gasteiger partial charge in [0.1, 0.15) is 29.1 Å². The van der Waals surface area contributed by atoms with Gasteiger partial charge in [-0.15, -0.1) is 0 Å². The zero-order valence-electron chi connectivity index (χ0n) is 24.0. The molecule has 0 aliphatic carbocycles. The number of furan rings is 2. The predicted octanol–water partition coefficient (Wildman–Crippen LogP) is 5.79. The minimum Gasteiger partial charge on any atom is -0.463 e. The molecule has 6 rings (SSSR count). The summed E-state index contributed by atoms with van der Waals surface area (Å²) in [5.41, 5.74) is 0.354. The van der Waals surface area contributed by atoms with Gasteiger partial charge in [-0.3, -0.25) is 29.6 Å². The molecule has 1 atom stereocenters. The summed E-state index contributed by atoms with van der Waals surface area (Å²) >= 11 is 7.41. The number of carbonyl (C=O) groups excluding carboxylic acids is 1. The number of allylic oxidation sites excluding steroid dienone is 1. The molecule has 0 spiro atoms. The number of ether oxygens (including phenoxy) is 1. The van der Waals surface area contributed by atoms with E-state index in [1.165, 1.54) is 41.0 Å². The topological polar surface area (TPSA) is 173 Å².